The molecule has 1 aromatic rings. The second-order valence-electron chi connectivity index (χ2n) is 4.51. The van der Waals surface area contributed by atoms with Gasteiger partial charge in [-0.2, -0.15) is 0 Å². The van der Waals surface area contributed by atoms with Gasteiger partial charge in [-0.05, 0) is 32.4 Å². The molecule has 18 heavy (non-hydrogen) atoms. The highest BCUT2D eigenvalue weighted by molar-refractivity contribution is 5.94. The lowest BCUT2D eigenvalue weighted by atomic mass is 10.3. The van der Waals surface area contributed by atoms with Crippen LogP contribution in [0.25, 0.3) is 0 Å². The van der Waals surface area contributed by atoms with Crippen molar-refractivity contribution in [2.45, 2.75) is 33.2 Å². The Morgan fingerprint density at radius 1 is 1.44 bits per heavy atom. The molecule has 0 aliphatic rings. The molecule has 0 saturated carbocycles. The number of hydrogen-bond acceptors (Lipinski definition) is 2. The molecule has 0 aliphatic carbocycles. The molecule has 5 heteroatoms. The van der Waals surface area contributed by atoms with Crippen molar-refractivity contribution in [1.29, 1.82) is 0 Å². The second-order valence-corrected chi connectivity index (χ2v) is 4.51. The van der Waals surface area contributed by atoms with Crippen LogP contribution in [0.3, 0.4) is 0 Å². The minimum absolute atomic E-state index is 0.173. The number of carbonyl (C=O) groups is 2. The molecule has 0 aromatic carbocycles. The lowest BCUT2D eigenvalue weighted by molar-refractivity contribution is -0.137. The molecular weight excluding hydrogens is 232 g/mol. The summed E-state index contributed by atoms with van der Waals surface area (Å²) in [5.41, 5.74) is 0.541. The minimum Gasteiger partial charge on any atom is -0.480 e. The maximum atomic E-state index is 12.3. The van der Waals surface area contributed by atoms with Gasteiger partial charge in [0.2, 0.25) is 0 Å². The molecule has 1 amide bonds. The summed E-state index contributed by atoms with van der Waals surface area (Å²) in [6.07, 6.45) is 2.57. The molecule has 0 fully saturated rings. The summed E-state index contributed by atoms with van der Waals surface area (Å²) in [4.78, 5) is 24.4. The number of carbonyl (C=O) groups excluding carboxylic acids is 1. The van der Waals surface area contributed by atoms with Crippen LogP contribution in [-0.2, 0) is 4.79 Å². The summed E-state index contributed by atoms with van der Waals surface area (Å²) in [5.74, 6) is -1.21. The van der Waals surface area contributed by atoms with E-state index < -0.39 is 5.97 Å². The van der Waals surface area contributed by atoms with Crippen LogP contribution in [0.1, 0.15) is 43.7 Å². The van der Waals surface area contributed by atoms with Crippen molar-refractivity contribution in [2.24, 2.45) is 0 Å². The quantitative estimate of drug-likeness (QED) is 0.842. The number of carboxylic acids is 1. The summed E-state index contributed by atoms with van der Waals surface area (Å²) in [7, 11) is 0. The van der Waals surface area contributed by atoms with Gasteiger partial charge in [0.1, 0.15) is 12.2 Å². The molecule has 1 aromatic heterocycles. The lowest BCUT2D eigenvalue weighted by Gasteiger charge is -2.22. The van der Waals surface area contributed by atoms with Crippen LogP contribution in [0.4, 0.5) is 0 Å². The van der Waals surface area contributed by atoms with E-state index in [0.29, 0.717) is 12.2 Å². The molecule has 1 heterocycles. The molecule has 0 spiro atoms. The van der Waals surface area contributed by atoms with Crippen LogP contribution >= 0.6 is 0 Å². The Labute approximate surface area is 107 Å². The van der Waals surface area contributed by atoms with Crippen molar-refractivity contribution in [3.63, 3.8) is 0 Å². The van der Waals surface area contributed by atoms with Gasteiger partial charge < -0.3 is 14.6 Å². The highest BCUT2D eigenvalue weighted by Crippen LogP contribution is 2.13. The van der Waals surface area contributed by atoms with Gasteiger partial charge in [0.25, 0.3) is 5.91 Å². The minimum atomic E-state index is -0.987. The Morgan fingerprint density at radius 3 is 2.61 bits per heavy atom. The number of nitrogens with zero attached hydrogens (tertiary/aromatic N) is 2. The summed E-state index contributed by atoms with van der Waals surface area (Å²) in [5, 5.41) is 8.83. The molecule has 0 atom stereocenters. The molecule has 1 N–H and O–H groups in total. The number of carboxylic acid groups (broad SMARTS) is 1. The molecule has 5 nitrogen and oxygen atoms in total. The molecule has 0 bridgehead atoms. The van der Waals surface area contributed by atoms with Gasteiger partial charge in [-0.1, -0.05) is 6.92 Å². The van der Waals surface area contributed by atoms with Crippen molar-refractivity contribution < 1.29 is 14.7 Å². The molecular formula is C13H20N2O3. The van der Waals surface area contributed by atoms with E-state index in [-0.39, 0.29) is 18.5 Å². The van der Waals surface area contributed by atoms with Crippen LogP contribution in [0.15, 0.2) is 18.3 Å². The smallest absolute Gasteiger partial charge is 0.323 e. The number of aliphatic carboxylic acids is 1. The zero-order valence-corrected chi connectivity index (χ0v) is 11.1. The first-order chi connectivity index (χ1) is 8.47. The highest BCUT2D eigenvalue weighted by atomic mass is 16.4. The third kappa shape index (κ3) is 3.35. The van der Waals surface area contributed by atoms with Crippen LogP contribution in [-0.4, -0.2) is 39.5 Å². The Morgan fingerprint density at radius 2 is 2.11 bits per heavy atom. The van der Waals surface area contributed by atoms with E-state index in [0.717, 1.165) is 6.42 Å². The van der Waals surface area contributed by atoms with E-state index in [9.17, 15) is 9.59 Å². The predicted molar refractivity (Wildman–Crippen MR) is 68.6 cm³/mol. The molecule has 0 saturated heterocycles. The van der Waals surface area contributed by atoms with E-state index in [1.165, 1.54) is 4.90 Å². The van der Waals surface area contributed by atoms with E-state index in [2.05, 4.69) is 0 Å². The number of rotatable bonds is 6. The second kappa shape index (κ2) is 6.23. The van der Waals surface area contributed by atoms with E-state index in [1.54, 1.807) is 12.1 Å². The first-order valence-electron chi connectivity index (χ1n) is 6.15. The fourth-order valence-corrected chi connectivity index (χ4v) is 1.87. The normalized spacial score (nSPS) is 10.7. The molecule has 100 valence electrons. The van der Waals surface area contributed by atoms with Gasteiger partial charge in [0.15, 0.2) is 0 Å². The Hall–Kier alpha value is -1.78. The number of amides is 1. The van der Waals surface area contributed by atoms with Crippen molar-refractivity contribution in [2.75, 3.05) is 13.1 Å². The topological polar surface area (TPSA) is 62.5 Å². The zero-order valence-electron chi connectivity index (χ0n) is 11.1. The molecule has 0 unspecified atom stereocenters. The molecule has 0 radical (unpaired) electrons. The first kappa shape index (κ1) is 14.3. The number of aromatic nitrogens is 1. The standard InChI is InChI=1S/C13H20N2O3/c1-4-7-14(9-12(16)17)13(18)11-6-5-8-15(11)10(2)3/h5-6,8,10H,4,7,9H2,1-3H3,(H,16,17). The van der Waals surface area contributed by atoms with Gasteiger partial charge in [0.05, 0.1) is 0 Å². The summed E-state index contributed by atoms with van der Waals surface area (Å²) < 4.78 is 1.85. The van der Waals surface area contributed by atoms with Crippen molar-refractivity contribution in [1.82, 2.24) is 9.47 Å². The summed E-state index contributed by atoms with van der Waals surface area (Å²) in [6.45, 7) is 6.09. The maximum absolute atomic E-state index is 12.3. The maximum Gasteiger partial charge on any atom is 0.323 e. The van der Waals surface area contributed by atoms with Gasteiger partial charge in [-0.3, -0.25) is 9.59 Å². The van der Waals surface area contributed by atoms with E-state index in [1.807, 2.05) is 31.5 Å². The van der Waals surface area contributed by atoms with Gasteiger partial charge >= 0.3 is 5.97 Å². The van der Waals surface area contributed by atoms with Crippen LogP contribution < -0.4 is 0 Å². The average molecular weight is 252 g/mol. The van der Waals surface area contributed by atoms with E-state index in [4.69, 9.17) is 5.11 Å². The van der Waals surface area contributed by atoms with Crippen molar-refractivity contribution in [3.05, 3.63) is 24.0 Å². The predicted octanol–water partition coefficient (Wildman–Crippen LogP) is 2.01. The lowest BCUT2D eigenvalue weighted by Crippen LogP contribution is -2.37. The summed E-state index contributed by atoms with van der Waals surface area (Å²) >= 11 is 0. The van der Waals surface area contributed by atoms with Crippen molar-refractivity contribution in [3.8, 4) is 0 Å². The average Bonchev–Trinajstić information content (AvgIpc) is 2.75. The van der Waals surface area contributed by atoms with Crippen molar-refractivity contribution >= 4 is 11.9 Å². The fourth-order valence-electron chi connectivity index (χ4n) is 1.87. The SMILES string of the molecule is CCCN(CC(=O)O)C(=O)c1cccn1C(C)C. The number of hydrogen-bond donors (Lipinski definition) is 1. The molecule has 0 aliphatic heterocycles. The van der Waals surface area contributed by atoms with Gasteiger partial charge in [-0.15, -0.1) is 0 Å². The van der Waals surface area contributed by atoms with Crippen LogP contribution in [0, 0.1) is 0 Å². The largest absolute Gasteiger partial charge is 0.480 e. The Balaban J connectivity index is 2.94. The van der Waals surface area contributed by atoms with Gasteiger partial charge in [-0.25, -0.2) is 0 Å². The molecule has 1 rings (SSSR count). The fraction of sp³-hybridized carbons (Fsp3) is 0.538. The Kier molecular flexibility index (Phi) is 4.95. The van der Waals surface area contributed by atoms with Crippen LogP contribution in [0.2, 0.25) is 0 Å². The van der Waals surface area contributed by atoms with E-state index >= 15 is 0 Å². The highest BCUT2D eigenvalue weighted by Gasteiger charge is 2.21. The third-order valence-electron chi connectivity index (χ3n) is 2.66. The summed E-state index contributed by atoms with van der Waals surface area (Å²) in [6, 6.07) is 3.71. The monoisotopic (exact) mass is 252 g/mol. The zero-order chi connectivity index (χ0) is 13.7. The van der Waals surface area contributed by atoms with Crippen LogP contribution in [0.5, 0.6) is 0 Å². The first-order valence-corrected chi connectivity index (χ1v) is 6.15. The van der Waals surface area contributed by atoms with Gasteiger partial charge in [0, 0.05) is 18.8 Å². The third-order valence-corrected chi connectivity index (χ3v) is 2.66. The Bertz CT molecular complexity index is 424.